The number of carbonyl (C=O) groups is 1. The van der Waals surface area contributed by atoms with Gasteiger partial charge in [-0.1, -0.05) is 20.8 Å². The average Bonchev–Trinajstić information content (AvgIpc) is 2.91. The predicted molar refractivity (Wildman–Crippen MR) is 76.9 cm³/mol. The van der Waals surface area contributed by atoms with E-state index in [9.17, 15) is 4.79 Å². The summed E-state index contributed by atoms with van der Waals surface area (Å²) in [6.45, 7) is 9.50. The molecule has 18 heavy (non-hydrogen) atoms. The molecule has 0 aromatic rings. The zero-order valence-corrected chi connectivity index (χ0v) is 12.6. The lowest BCUT2D eigenvalue weighted by Crippen LogP contribution is -2.50. The van der Waals surface area contributed by atoms with Crippen molar-refractivity contribution in [1.29, 1.82) is 0 Å². The van der Waals surface area contributed by atoms with Crippen LogP contribution in [0.2, 0.25) is 0 Å². The first-order chi connectivity index (χ1) is 8.02. The lowest BCUT2D eigenvalue weighted by Gasteiger charge is -2.32. The fraction of sp³-hybridized carbons (Fsp3) is 0.929. The number of rotatable bonds is 6. The van der Waals surface area contributed by atoms with Crippen molar-refractivity contribution < 1.29 is 4.79 Å². The van der Waals surface area contributed by atoms with Gasteiger partial charge in [-0.15, -0.1) is 12.4 Å². The van der Waals surface area contributed by atoms with E-state index in [0.29, 0.717) is 11.3 Å². The van der Waals surface area contributed by atoms with Crippen LogP contribution in [0.4, 0.5) is 0 Å². The Labute approximate surface area is 117 Å². The number of hydrogen-bond donors (Lipinski definition) is 2. The Bertz CT molecular complexity index is 286. The van der Waals surface area contributed by atoms with E-state index < -0.39 is 0 Å². The molecule has 2 rings (SSSR count). The lowest BCUT2D eigenvalue weighted by molar-refractivity contribution is -0.127. The Morgan fingerprint density at radius 2 is 1.94 bits per heavy atom. The minimum absolute atomic E-state index is 0. The Kier molecular flexibility index (Phi) is 5.47. The van der Waals surface area contributed by atoms with Crippen molar-refractivity contribution in [2.75, 3.05) is 19.6 Å². The zero-order valence-electron chi connectivity index (χ0n) is 11.8. The Morgan fingerprint density at radius 3 is 2.33 bits per heavy atom. The van der Waals surface area contributed by atoms with Gasteiger partial charge in [-0.2, -0.15) is 0 Å². The number of hydrogen-bond acceptors (Lipinski definition) is 2. The standard InChI is InChI=1S/C14H26N2O.ClH/c1-10(2)6-14(4-5-14)9-16-13(17)11(3)12-7-15-8-12;/h10-12,15H,4-9H2,1-3H3,(H,16,17);1H. The molecular formula is C14H27ClN2O. The Morgan fingerprint density at radius 1 is 1.33 bits per heavy atom. The van der Waals surface area contributed by atoms with E-state index in [-0.39, 0.29) is 24.2 Å². The van der Waals surface area contributed by atoms with Crippen molar-refractivity contribution in [3.63, 3.8) is 0 Å². The van der Waals surface area contributed by atoms with Crippen molar-refractivity contribution in [1.82, 2.24) is 10.6 Å². The number of carbonyl (C=O) groups excluding carboxylic acids is 1. The molecule has 0 spiro atoms. The van der Waals surface area contributed by atoms with Crippen LogP contribution in [-0.2, 0) is 4.79 Å². The van der Waals surface area contributed by atoms with Crippen LogP contribution in [0.3, 0.4) is 0 Å². The second-order valence-electron chi connectivity index (χ2n) is 6.52. The number of amides is 1. The summed E-state index contributed by atoms with van der Waals surface area (Å²) in [6.07, 6.45) is 3.85. The van der Waals surface area contributed by atoms with Crippen LogP contribution in [0, 0.1) is 23.2 Å². The summed E-state index contributed by atoms with van der Waals surface area (Å²) >= 11 is 0. The molecule has 1 aliphatic carbocycles. The minimum Gasteiger partial charge on any atom is -0.355 e. The monoisotopic (exact) mass is 274 g/mol. The van der Waals surface area contributed by atoms with Crippen LogP contribution in [-0.4, -0.2) is 25.5 Å². The second kappa shape index (κ2) is 6.25. The second-order valence-corrected chi connectivity index (χ2v) is 6.52. The predicted octanol–water partition coefficient (Wildman–Crippen LogP) is 2.21. The number of halogens is 1. The molecule has 1 heterocycles. The summed E-state index contributed by atoms with van der Waals surface area (Å²) in [4.78, 5) is 12.0. The summed E-state index contributed by atoms with van der Waals surface area (Å²) in [5, 5.41) is 6.40. The third kappa shape index (κ3) is 3.86. The highest BCUT2D eigenvalue weighted by atomic mass is 35.5. The largest absolute Gasteiger partial charge is 0.355 e. The van der Waals surface area contributed by atoms with Gasteiger partial charge in [0.25, 0.3) is 0 Å². The van der Waals surface area contributed by atoms with Crippen LogP contribution in [0.1, 0.15) is 40.0 Å². The van der Waals surface area contributed by atoms with Crippen molar-refractivity contribution in [3.05, 3.63) is 0 Å². The molecule has 0 bridgehead atoms. The third-order valence-electron chi connectivity index (χ3n) is 4.37. The molecule has 1 aliphatic heterocycles. The molecule has 0 aromatic heterocycles. The highest BCUT2D eigenvalue weighted by molar-refractivity contribution is 5.85. The molecule has 0 radical (unpaired) electrons. The van der Waals surface area contributed by atoms with E-state index in [0.717, 1.165) is 25.6 Å². The average molecular weight is 275 g/mol. The maximum atomic E-state index is 12.0. The fourth-order valence-corrected chi connectivity index (χ4v) is 2.81. The summed E-state index contributed by atoms with van der Waals surface area (Å²) in [5.74, 6) is 1.72. The Balaban J connectivity index is 0.00000162. The van der Waals surface area contributed by atoms with Crippen LogP contribution in [0.5, 0.6) is 0 Å². The first kappa shape index (κ1) is 15.8. The first-order valence-corrected chi connectivity index (χ1v) is 7.01. The molecule has 0 aromatic carbocycles. The van der Waals surface area contributed by atoms with Gasteiger partial charge in [0.05, 0.1) is 0 Å². The molecular weight excluding hydrogens is 248 g/mol. The third-order valence-corrected chi connectivity index (χ3v) is 4.37. The molecule has 1 atom stereocenters. The molecule has 1 saturated heterocycles. The van der Waals surface area contributed by atoms with Gasteiger partial charge >= 0.3 is 0 Å². The van der Waals surface area contributed by atoms with Crippen molar-refractivity contribution in [3.8, 4) is 0 Å². The number of nitrogens with one attached hydrogen (secondary N) is 2. The van der Waals surface area contributed by atoms with E-state index in [1.165, 1.54) is 19.3 Å². The van der Waals surface area contributed by atoms with Crippen LogP contribution < -0.4 is 10.6 Å². The summed E-state index contributed by atoms with van der Waals surface area (Å²) < 4.78 is 0. The molecule has 3 nitrogen and oxygen atoms in total. The fourth-order valence-electron chi connectivity index (χ4n) is 2.81. The molecule has 1 saturated carbocycles. The quantitative estimate of drug-likeness (QED) is 0.780. The maximum Gasteiger partial charge on any atom is 0.223 e. The van der Waals surface area contributed by atoms with Crippen LogP contribution in [0.25, 0.3) is 0 Å². The molecule has 1 amide bonds. The topological polar surface area (TPSA) is 41.1 Å². The van der Waals surface area contributed by atoms with Crippen LogP contribution >= 0.6 is 12.4 Å². The zero-order chi connectivity index (χ0) is 12.5. The first-order valence-electron chi connectivity index (χ1n) is 7.01. The van der Waals surface area contributed by atoms with E-state index >= 15 is 0 Å². The summed E-state index contributed by atoms with van der Waals surface area (Å²) in [7, 11) is 0. The highest BCUT2D eigenvalue weighted by Gasteiger charge is 2.43. The molecule has 2 aliphatic rings. The summed E-state index contributed by atoms with van der Waals surface area (Å²) in [6, 6.07) is 0. The molecule has 2 N–H and O–H groups in total. The molecule has 4 heteroatoms. The van der Waals surface area contributed by atoms with Crippen molar-refractivity contribution >= 4 is 18.3 Å². The smallest absolute Gasteiger partial charge is 0.223 e. The Hall–Kier alpha value is -0.280. The van der Waals surface area contributed by atoms with Gasteiger partial charge in [0, 0.05) is 12.5 Å². The SMILES string of the molecule is CC(C)CC1(CNC(=O)C(C)C2CNC2)CC1.Cl. The van der Waals surface area contributed by atoms with Crippen molar-refractivity contribution in [2.24, 2.45) is 23.2 Å². The molecule has 2 fully saturated rings. The van der Waals surface area contributed by atoms with Gasteiger partial charge in [-0.3, -0.25) is 4.79 Å². The summed E-state index contributed by atoms with van der Waals surface area (Å²) in [5.41, 5.74) is 0.446. The maximum absolute atomic E-state index is 12.0. The van der Waals surface area contributed by atoms with E-state index in [1.54, 1.807) is 0 Å². The van der Waals surface area contributed by atoms with Crippen molar-refractivity contribution in [2.45, 2.75) is 40.0 Å². The molecule has 1 unspecified atom stereocenters. The van der Waals surface area contributed by atoms with Gasteiger partial charge in [0.15, 0.2) is 0 Å². The lowest BCUT2D eigenvalue weighted by atomic mass is 9.88. The van der Waals surface area contributed by atoms with Gasteiger partial charge < -0.3 is 10.6 Å². The van der Waals surface area contributed by atoms with Gasteiger partial charge in [0.2, 0.25) is 5.91 Å². The molecule has 106 valence electrons. The van der Waals surface area contributed by atoms with E-state index in [1.807, 2.05) is 0 Å². The van der Waals surface area contributed by atoms with E-state index in [2.05, 4.69) is 31.4 Å². The normalized spacial score (nSPS) is 22.9. The van der Waals surface area contributed by atoms with E-state index in [4.69, 9.17) is 0 Å². The highest BCUT2D eigenvalue weighted by Crippen LogP contribution is 2.50. The van der Waals surface area contributed by atoms with Crippen LogP contribution in [0.15, 0.2) is 0 Å². The minimum atomic E-state index is 0. The van der Waals surface area contributed by atoms with Gasteiger partial charge in [0.1, 0.15) is 0 Å². The van der Waals surface area contributed by atoms with Gasteiger partial charge in [-0.25, -0.2) is 0 Å². The van der Waals surface area contributed by atoms with Gasteiger partial charge in [-0.05, 0) is 49.6 Å².